The van der Waals surface area contributed by atoms with E-state index in [1.165, 1.54) is 6.20 Å². The Kier molecular flexibility index (Phi) is 7.16. The Hall–Kier alpha value is -2.69. The van der Waals surface area contributed by atoms with Crippen molar-refractivity contribution in [1.82, 2.24) is 15.6 Å². The molecular weight excluding hydrogens is 442 g/mol. The van der Waals surface area contributed by atoms with Gasteiger partial charge in [0.2, 0.25) is 0 Å². The Morgan fingerprint density at radius 3 is 2.70 bits per heavy atom. The summed E-state index contributed by atoms with van der Waals surface area (Å²) < 4.78 is 34.1. The molecule has 2 aromatic rings. The van der Waals surface area contributed by atoms with Crippen molar-refractivity contribution in [2.45, 2.75) is 37.7 Å². The van der Waals surface area contributed by atoms with Crippen LogP contribution >= 0.6 is 0 Å². The maximum absolute atomic E-state index is 13.1. The van der Waals surface area contributed by atoms with E-state index in [0.717, 1.165) is 37.1 Å². The molecule has 2 aliphatic heterocycles. The lowest BCUT2D eigenvalue weighted by molar-refractivity contribution is 0.0858. The number of sulfonamides is 1. The van der Waals surface area contributed by atoms with Crippen molar-refractivity contribution >= 4 is 27.4 Å². The van der Waals surface area contributed by atoms with Gasteiger partial charge >= 0.3 is 0 Å². The summed E-state index contributed by atoms with van der Waals surface area (Å²) in [5, 5.41) is 6.22. The lowest BCUT2D eigenvalue weighted by Gasteiger charge is -2.30. The average Bonchev–Trinajstić information content (AvgIpc) is 3.33. The fourth-order valence-electron chi connectivity index (χ4n) is 4.01. The highest BCUT2D eigenvalue weighted by Gasteiger charge is 2.24. The highest BCUT2D eigenvalue weighted by molar-refractivity contribution is 7.92. The van der Waals surface area contributed by atoms with Gasteiger partial charge in [-0.25, -0.2) is 13.4 Å². The van der Waals surface area contributed by atoms with Gasteiger partial charge in [0.1, 0.15) is 5.82 Å². The van der Waals surface area contributed by atoms with Crippen LogP contribution in [0.5, 0.6) is 0 Å². The predicted molar refractivity (Wildman–Crippen MR) is 127 cm³/mol. The molecule has 0 aliphatic carbocycles. The number of anilines is 2. The third kappa shape index (κ3) is 5.63. The number of aromatic nitrogens is 1. The molecule has 9 nitrogen and oxygen atoms in total. The Morgan fingerprint density at radius 2 is 2.00 bits per heavy atom. The second-order valence-corrected chi connectivity index (χ2v) is 10.2. The van der Waals surface area contributed by atoms with Crippen LogP contribution in [-0.2, 0) is 14.8 Å². The van der Waals surface area contributed by atoms with Crippen molar-refractivity contribution in [1.29, 1.82) is 0 Å². The number of benzene rings is 1. The number of carbonyl (C=O) groups is 1. The van der Waals surface area contributed by atoms with E-state index in [9.17, 15) is 13.2 Å². The Morgan fingerprint density at radius 1 is 1.21 bits per heavy atom. The smallest absolute Gasteiger partial charge is 0.261 e. The van der Waals surface area contributed by atoms with E-state index in [0.29, 0.717) is 37.6 Å². The van der Waals surface area contributed by atoms with Gasteiger partial charge in [-0.05, 0) is 56.0 Å². The van der Waals surface area contributed by atoms with Crippen LogP contribution in [0.2, 0.25) is 0 Å². The van der Waals surface area contributed by atoms with E-state index in [2.05, 4.69) is 20.3 Å². The summed E-state index contributed by atoms with van der Waals surface area (Å²) in [6, 6.07) is 6.55. The Balaban J connectivity index is 1.59. The molecule has 3 N–H and O–H groups in total. The monoisotopic (exact) mass is 473 g/mol. The summed E-state index contributed by atoms with van der Waals surface area (Å²) >= 11 is 0. The molecule has 4 rings (SSSR count). The van der Waals surface area contributed by atoms with Crippen LogP contribution in [0.1, 0.15) is 34.3 Å². The van der Waals surface area contributed by atoms with E-state index in [1.807, 2.05) is 18.7 Å². The summed E-state index contributed by atoms with van der Waals surface area (Å²) in [5.74, 6) is 0.259. The Bertz CT molecular complexity index is 1110. The normalized spacial score (nSPS) is 18.8. The van der Waals surface area contributed by atoms with Gasteiger partial charge in [-0.2, -0.15) is 0 Å². The van der Waals surface area contributed by atoms with Crippen LogP contribution in [0.15, 0.2) is 35.4 Å². The highest BCUT2D eigenvalue weighted by Crippen LogP contribution is 2.25. The van der Waals surface area contributed by atoms with Gasteiger partial charge in [-0.15, -0.1) is 0 Å². The second-order valence-electron chi connectivity index (χ2n) is 8.53. The molecule has 0 radical (unpaired) electrons. The number of amides is 1. The molecule has 0 saturated carbocycles. The minimum Gasteiger partial charge on any atom is -0.376 e. The first-order valence-electron chi connectivity index (χ1n) is 11.3. The van der Waals surface area contributed by atoms with Crippen LogP contribution in [-0.4, -0.2) is 64.7 Å². The zero-order valence-corrected chi connectivity index (χ0v) is 19.9. The summed E-state index contributed by atoms with van der Waals surface area (Å²) in [6.45, 7) is 7.94. The van der Waals surface area contributed by atoms with E-state index in [-0.39, 0.29) is 22.6 Å². The number of nitrogens with one attached hydrogen (secondary N) is 3. The fourth-order valence-corrected chi connectivity index (χ4v) is 5.13. The number of carbonyl (C=O) groups excluding carboxylic acids is 1. The zero-order chi connectivity index (χ0) is 23.4. The lowest BCUT2D eigenvalue weighted by atomic mass is 10.1. The number of rotatable bonds is 7. The van der Waals surface area contributed by atoms with Crippen molar-refractivity contribution in [3.63, 3.8) is 0 Å². The minimum absolute atomic E-state index is 0.0102. The van der Waals surface area contributed by atoms with E-state index in [1.54, 1.807) is 24.3 Å². The molecule has 0 bridgehead atoms. The molecular formula is C23H31N5O4S. The molecule has 1 atom stereocenters. The van der Waals surface area contributed by atoms with Gasteiger partial charge in [0, 0.05) is 39.3 Å². The van der Waals surface area contributed by atoms with Crippen LogP contribution in [0, 0.1) is 13.8 Å². The van der Waals surface area contributed by atoms with Crippen LogP contribution in [0.4, 0.5) is 11.5 Å². The van der Waals surface area contributed by atoms with E-state index >= 15 is 0 Å². The first-order valence-corrected chi connectivity index (χ1v) is 12.8. The lowest BCUT2D eigenvalue weighted by Crippen LogP contribution is -2.45. The maximum atomic E-state index is 13.1. The Labute approximate surface area is 195 Å². The van der Waals surface area contributed by atoms with Crippen molar-refractivity contribution in [3.05, 3.63) is 47.2 Å². The summed E-state index contributed by atoms with van der Waals surface area (Å²) in [4.78, 5) is 19.8. The van der Waals surface area contributed by atoms with Crippen LogP contribution in [0.3, 0.4) is 0 Å². The number of hydrogen-bond acceptors (Lipinski definition) is 7. The molecule has 10 heteroatoms. The topological polar surface area (TPSA) is 113 Å². The number of hydrogen-bond donors (Lipinski definition) is 3. The standard InChI is InChI=1S/C23H31N5O4S/c1-16-5-6-20(12-17(16)2)33(30,31)27-18-13-21(23(29)26-15-19-4-3-11-32-19)22(25-14-18)28-9-7-24-8-10-28/h5-6,12-14,19,24,27H,3-4,7-11,15H2,1-2H3,(H,26,29). The number of piperazine rings is 1. The molecule has 178 valence electrons. The van der Waals surface area contributed by atoms with Gasteiger partial charge < -0.3 is 20.3 Å². The van der Waals surface area contributed by atoms with Gasteiger partial charge in [0.25, 0.3) is 15.9 Å². The molecule has 1 aromatic carbocycles. The van der Waals surface area contributed by atoms with Crippen LogP contribution in [0.25, 0.3) is 0 Å². The molecule has 3 heterocycles. The SMILES string of the molecule is Cc1ccc(S(=O)(=O)Nc2cnc(N3CCNCC3)c(C(=O)NCC3CCCO3)c2)cc1C. The van der Waals surface area contributed by atoms with Crippen molar-refractivity contribution in [2.75, 3.05) is 49.0 Å². The van der Waals surface area contributed by atoms with Crippen molar-refractivity contribution in [2.24, 2.45) is 0 Å². The third-order valence-electron chi connectivity index (χ3n) is 6.08. The van der Waals surface area contributed by atoms with Gasteiger partial charge in [-0.1, -0.05) is 6.07 Å². The first-order chi connectivity index (χ1) is 15.8. The third-order valence-corrected chi connectivity index (χ3v) is 7.46. The number of ether oxygens (including phenoxy) is 1. The van der Waals surface area contributed by atoms with E-state index < -0.39 is 10.0 Å². The average molecular weight is 474 g/mol. The summed E-state index contributed by atoms with van der Waals surface area (Å²) in [5.41, 5.74) is 2.49. The molecule has 33 heavy (non-hydrogen) atoms. The molecule has 2 aliphatic rings. The summed E-state index contributed by atoms with van der Waals surface area (Å²) in [6.07, 6.45) is 3.38. The maximum Gasteiger partial charge on any atom is 0.261 e. The summed E-state index contributed by atoms with van der Waals surface area (Å²) in [7, 11) is -3.82. The number of aryl methyl sites for hydroxylation is 2. The molecule has 2 fully saturated rings. The van der Waals surface area contributed by atoms with E-state index in [4.69, 9.17) is 4.74 Å². The molecule has 0 spiro atoms. The molecule has 1 unspecified atom stereocenters. The highest BCUT2D eigenvalue weighted by atomic mass is 32.2. The molecule has 1 aromatic heterocycles. The minimum atomic E-state index is -3.82. The van der Waals surface area contributed by atoms with Crippen LogP contribution < -0.4 is 20.3 Å². The largest absolute Gasteiger partial charge is 0.376 e. The second kappa shape index (κ2) is 10.1. The van der Waals surface area contributed by atoms with Gasteiger partial charge in [0.15, 0.2) is 0 Å². The number of nitrogens with zero attached hydrogens (tertiary/aromatic N) is 2. The van der Waals surface area contributed by atoms with Gasteiger partial charge in [0.05, 0.1) is 28.4 Å². The zero-order valence-electron chi connectivity index (χ0n) is 19.1. The van der Waals surface area contributed by atoms with Crippen molar-refractivity contribution < 1.29 is 17.9 Å². The van der Waals surface area contributed by atoms with Gasteiger partial charge in [-0.3, -0.25) is 9.52 Å². The molecule has 2 saturated heterocycles. The fraction of sp³-hybridized carbons (Fsp3) is 0.478. The quantitative estimate of drug-likeness (QED) is 0.562. The van der Waals surface area contributed by atoms with Crippen molar-refractivity contribution in [3.8, 4) is 0 Å². The predicted octanol–water partition coefficient (Wildman–Crippen LogP) is 1.82. The number of pyridine rings is 1. The first kappa shape index (κ1) is 23.5. The molecule has 1 amide bonds.